The Balaban J connectivity index is 1.48. The van der Waals surface area contributed by atoms with Crippen LogP contribution in [0.5, 0.6) is 5.88 Å². The lowest BCUT2D eigenvalue weighted by Gasteiger charge is -2.19. The van der Waals surface area contributed by atoms with Crippen molar-refractivity contribution in [3.63, 3.8) is 0 Å². The summed E-state index contributed by atoms with van der Waals surface area (Å²) in [6.07, 6.45) is 0.930. The van der Waals surface area contributed by atoms with Gasteiger partial charge in [-0.2, -0.15) is 0 Å². The number of nitrogens with zero attached hydrogens (tertiary/aromatic N) is 1. The minimum atomic E-state index is -3.83. The highest BCUT2D eigenvalue weighted by atomic mass is 32.2. The predicted octanol–water partition coefficient (Wildman–Crippen LogP) is 7.25. The molecular formula is C31H30N4O4S. The Labute approximate surface area is 233 Å². The highest BCUT2D eigenvalue weighted by Gasteiger charge is 2.21. The summed E-state index contributed by atoms with van der Waals surface area (Å²) in [5.74, 6) is 0.238. The molecule has 2 aromatic heterocycles. The van der Waals surface area contributed by atoms with Gasteiger partial charge in [0.05, 0.1) is 10.5 Å². The maximum absolute atomic E-state index is 13.2. The third-order valence-electron chi connectivity index (χ3n) is 6.45. The molecule has 3 aromatic carbocycles. The molecule has 204 valence electrons. The smallest absolute Gasteiger partial charge is 0.392 e. The lowest BCUT2D eigenvalue weighted by atomic mass is 9.87. The first-order valence-electron chi connectivity index (χ1n) is 12.8. The summed E-state index contributed by atoms with van der Waals surface area (Å²) in [6, 6.07) is 24.9. The summed E-state index contributed by atoms with van der Waals surface area (Å²) in [5, 5.41) is 3.41. The molecule has 0 radical (unpaired) electrons. The number of aromatic amines is 1. The number of sulfonamides is 1. The molecule has 9 heteroatoms. The number of carbonyl (C=O) groups excluding carboxylic acids is 1. The van der Waals surface area contributed by atoms with Crippen molar-refractivity contribution in [2.45, 2.75) is 38.0 Å². The Kier molecular flexibility index (Phi) is 7.08. The Hall–Kier alpha value is -4.63. The topological polar surface area (TPSA) is 113 Å². The normalized spacial score (nSPS) is 11.8. The zero-order chi connectivity index (χ0) is 28.5. The van der Waals surface area contributed by atoms with E-state index in [4.69, 9.17) is 4.74 Å². The second-order valence-electron chi connectivity index (χ2n) is 10.5. The van der Waals surface area contributed by atoms with Crippen LogP contribution in [0.3, 0.4) is 0 Å². The number of hydrogen-bond donors (Lipinski definition) is 3. The monoisotopic (exact) mass is 554 g/mol. The summed E-state index contributed by atoms with van der Waals surface area (Å²) in [5.41, 5.74) is 4.77. The number of anilines is 2. The number of pyridine rings is 1. The minimum Gasteiger partial charge on any atom is -0.392 e. The average molecular weight is 555 g/mol. The van der Waals surface area contributed by atoms with Crippen LogP contribution >= 0.6 is 0 Å². The van der Waals surface area contributed by atoms with Crippen molar-refractivity contribution >= 4 is 38.4 Å². The largest absolute Gasteiger partial charge is 0.418 e. The molecule has 3 N–H and O–H groups in total. The van der Waals surface area contributed by atoms with Gasteiger partial charge >= 0.3 is 6.09 Å². The second kappa shape index (κ2) is 10.5. The van der Waals surface area contributed by atoms with Crippen LogP contribution in [0, 0.1) is 6.92 Å². The number of fused-ring (bicyclic) bond motifs is 1. The van der Waals surface area contributed by atoms with E-state index in [1.54, 1.807) is 48.7 Å². The number of nitrogens with one attached hydrogen (secondary N) is 3. The number of amides is 1. The zero-order valence-corrected chi connectivity index (χ0v) is 23.5. The van der Waals surface area contributed by atoms with Crippen LogP contribution in [-0.4, -0.2) is 24.5 Å². The lowest BCUT2D eigenvalue weighted by molar-refractivity contribution is 0.214. The molecule has 5 aromatic rings. The Bertz CT molecular complexity index is 1790. The van der Waals surface area contributed by atoms with Crippen molar-refractivity contribution in [2.24, 2.45) is 0 Å². The van der Waals surface area contributed by atoms with Gasteiger partial charge in [0.1, 0.15) is 0 Å². The van der Waals surface area contributed by atoms with E-state index in [0.717, 1.165) is 16.8 Å². The molecule has 8 nitrogen and oxygen atoms in total. The molecule has 0 spiro atoms. The Morgan fingerprint density at radius 1 is 0.900 bits per heavy atom. The quantitative estimate of drug-likeness (QED) is 0.205. The van der Waals surface area contributed by atoms with Crippen molar-refractivity contribution in [1.29, 1.82) is 0 Å². The first-order chi connectivity index (χ1) is 19.0. The molecule has 2 heterocycles. The van der Waals surface area contributed by atoms with Crippen LogP contribution in [0.2, 0.25) is 0 Å². The van der Waals surface area contributed by atoms with Crippen molar-refractivity contribution in [2.75, 3.05) is 10.0 Å². The fraction of sp³-hybridized carbons (Fsp3) is 0.161. The van der Waals surface area contributed by atoms with Crippen molar-refractivity contribution < 1.29 is 17.9 Å². The molecule has 0 aliphatic carbocycles. The van der Waals surface area contributed by atoms with Gasteiger partial charge in [-0.05, 0) is 65.9 Å². The predicted molar refractivity (Wildman–Crippen MR) is 158 cm³/mol. The average Bonchev–Trinajstić information content (AvgIpc) is 3.25. The Morgan fingerprint density at radius 2 is 1.62 bits per heavy atom. The van der Waals surface area contributed by atoms with Crippen LogP contribution < -0.4 is 14.8 Å². The van der Waals surface area contributed by atoms with Gasteiger partial charge < -0.3 is 9.72 Å². The number of benzene rings is 3. The number of rotatable bonds is 6. The van der Waals surface area contributed by atoms with Gasteiger partial charge in [0, 0.05) is 34.2 Å². The summed E-state index contributed by atoms with van der Waals surface area (Å²) >= 11 is 0. The third kappa shape index (κ3) is 5.84. The Morgan fingerprint density at radius 3 is 2.30 bits per heavy atom. The van der Waals surface area contributed by atoms with Crippen LogP contribution in [0.4, 0.5) is 16.2 Å². The van der Waals surface area contributed by atoms with Crippen LogP contribution in [0.25, 0.3) is 22.0 Å². The van der Waals surface area contributed by atoms with E-state index in [-0.39, 0.29) is 16.2 Å². The number of hydrogen-bond acceptors (Lipinski definition) is 5. The van der Waals surface area contributed by atoms with Gasteiger partial charge in [0.15, 0.2) is 0 Å². The summed E-state index contributed by atoms with van der Waals surface area (Å²) < 4.78 is 34.8. The van der Waals surface area contributed by atoms with Gasteiger partial charge in [0.25, 0.3) is 10.0 Å². The first-order valence-corrected chi connectivity index (χ1v) is 14.2. The van der Waals surface area contributed by atoms with E-state index in [9.17, 15) is 13.2 Å². The first kappa shape index (κ1) is 27.0. The van der Waals surface area contributed by atoms with E-state index in [0.29, 0.717) is 27.8 Å². The molecule has 5 rings (SSSR count). The molecule has 0 aliphatic rings. The summed E-state index contributed by atoms with van der Waals surface area (Å²) in [7, 11) is -3.83. The standard InChI is InChI=1S/C31H30N4O4S/c1-20-18-23(16-17-32-20)33-30(36)39-29-28(21-8-6-5-7-9-21)26-19-24(12-15-27(26)34-29)35-40(37,38)25-13-10-22(11-14-25)31(2,3)4/h5-19,34-35H,1-4H3,(H,32,33,36). The SMILES string of the molecule is Cc1cc(NC(=O)Oc2[nH]c3ccc(NS(=O)(=O)c4ccc(C(C)(C)C)cc4)cc3c2-c2ccccc2)ccn1. The molecule has 0 atom stereocenters. The molecule has 0 unspecified atom stereocenters. The van der Waals surface area contributed by atoms with Crippen molar-refractivity contribution in [3.8, 4) is 17.0 Å². The molecule has 0 aliphatic heterocycles. The molecule has 0 bridgehead atoms. The van der Waals surface area contributed by atoms with Crippen LogP contribution in [-0.2, 0) is 15.4 Å². The van der Waals surface area contributed by atoms with E-state index >= 15 is 0 Å². The van der Waals surface area contributed by atoms with E-state index < -0.39 is 16.1 Å². The van der Waals surface area contributed by atoms with E-state index in [2.05, 4.69) is 40.8 Å². The molecule has 0 fully saturated rings. The molecular weight excluding hydrogens is 524 g/mol. The van der Waals surface area contributed by atoms with Gasteiger partial charge in [-0.1, -0.05) is 63.2 Å². The number of aromatic nitrogens is 2. The minimum absolute atomic E-state index is 0.0865. The van der Waals surface area contributed by atoms with Gasteiger partial charge in [-0.3, -0.25) is 15.0 Å². The molecule has 40 heavy (non-hydrogen) atoms. The zero-order valence-electron chi connectivity index (χ0n) is 22.6. The van der Waals surface area contributed by atoms with Gasteiger partial charge in [-0.25, -0.2) is 13.2 Å². The highest BCUT2D eigenvalue weighted by Crippen LogP contribution is 2.39. The maximum Gasteiger partial charge on any atom is 0.418 e. The molecule has 0 saturated heterocycles. The van der Waals surface area contributed by atoms with E-state index in [1.165, 1.54) is 0 Å². The number of ether oxygens (including phenoxy) is 1. The highest BCUT2D eigenvalue weighted by molar-refractivity contribution is 7.92. The number of carbonyl (C=O) groups is 1. The van der Waals surface area contributed by atoms with Crippen LogP contribution in [0.15, 0.2) is 96.0 Å². The van der Waals surface area contributed by atoms with Gasteiger partial charge in [0.2, 0.25) is 5.88 Å². The van der Waals surface area contributed by atoms with Crippen molar-refractivity contribution in [1.82, 2.24) is 9.97 Å². The second-order valence-corrected chi connectivity index (χ2v) is 12.2. The summed E-state index contributed by atoms with van der Waals surface area (Å²) in [4.78, 5) is 20.2. The fourth-order valence-corrected chi connectivity index (χ4v) is 5.46. The lowest BCUT2D eigenvalue weighted by Crippen LogP contribution is -2.17. The van der Waals surface area contributed by atoms with E-state index in [1.807, 2.05) is 49.4 Å². The molecule has 0 saturated carbocycles. The fourth-order valence-electron chi connectivity index (χ4n) is 4.41. The third-order valence-corrected chi connectivity index (χ3v) is 7.84. The van der Waals surface area contributed by atoms with Crippen LogP contribution in [0.1, 0.15) is 32.0 Å². The number of H-pyrrole nitrogens is 1. The van der Waals surface area contributed by atoms with Gasteiger partial charge in [-0.15, -0.1) is 0 Å². The van der Waals surface area contributed by atoms with Crippen molar-refractivity contribution in [3.05, 3.63) is 102 Å². The molecule has 1 amide bonds. The number of aryl methyl sites for hydroxylation is 1. The maximum atomic E-state index is 13.2. The summed E-state index contributed by atoms with van der Waals surface area (Å²) in [6.45, 7) is 8.06.